The second kappa shape index (κ2) is 13.0. The van der Waals surface area contributed by atoms with Crippen LogP contribution in [-0.4, -0.2) is 33.2 Å². The summed E-state index contributed by atoms with van der Waals surface area (Å²) < 4.78 is 11.6. The molecule has 1 aromatic carbocycles. The summed E-state index contributed by atoms with van der Waals surface area (Å²) in [7, 11) is -1.64. The van der Waals surface area contributed by atoms with Crippen molar-refractivity contribution in [3.63, 3.8) is 0 Å². The van der Waals surface area contributed by atoms with Gasteiger partial charge in [-0.3, -0.25) is 9.59 Å². The lowest BCUT2D eigenvalue weighted by atomic mass is 9.75. The molecule has 0 saturated carbocycles. The highest BCUT2D eigenvalue weighted by Crippen LogP contribution is 2.37. The second-order valence-corrected chi connectivity index (χ2v) is 14.0. The molecule has 0 amide bonds. The van der Waals surface area contributed by atoms with Crippen molar-refractivity contribution in [1.29, 1.82) is 0 Å². The maximum Gasteiger partial charge on any atom is 0.320 e. The lowest BCUT2D eigenvalue weighted by Crippen LogP contribution is -2.36. The number of hydrogen-bond acceptors (Lipinski definition) is 4. The minimum Gasteiger partial charge on any atom is -0.465 e. The fraction of sp³-hybridized carbons (Fsp3) is 0.583. The Morgan fingerprint density at radius 3 is 1.97 bits per heavy atom. The van der Waals surface area contributed by atoms with Crippen LogP contribution in [0, 0.1) is 23.3 Å². The largest absolute Gasteiger partial charge is 0.465 e. The minimum atomic E-state index is -1.64. The Kier molecular flexibility index (Phi) is 11.4. The summed E-state index contributed by atoms with van der Waals surface area (Å²) in [5.41, 5.74) is 4.36. The predicted molar refractivity (Wildman–Crippen MR) is 128 cm³/mol. The molecule has 0 N–H and O–H groups in total. The van der Waals surface area contributed by atoms with Crippen LogP contribution in [0.25, 0.3) is 0 Å². The summed E-state index contributed by atoms with van der Waals surface area (Å²) in [5, 5.41) is 0. The van der Waals surface area contributed by atoms with E-state index in [1.165, 1.54) is 0 Å². The molecule has 0 fully saturated rings. The zero-order valence-electron chi connectivity index (χ0n) is 19.1. The zero-order chi connectivity index (χ0) is 22.7. The lowest BCUT2D eigenvalue weighted by Gasteiger charge is -2.29. The molecule has 0 unspecified atom stereocenters. The first kappa shape index (κ1) is 26.5. The van der Waals surface area contributed by atoms with Gasteiger partial charge in [-0.1, -0.05) is 67.5 Å². The van der Waals surface area contributed by atoms with Crippen LogP contribution in [0.15, 0.2) is 28.7 Å². The topological polar surface area (TPSA) is 52.6 Å². The quantitative estimate of drug-likeness (QED) is 0.174. The molecule has 166 valence electrons. The number of unbranched alkanes of at least 4 members (excludes halogenated alkanes) is 1. The Hall–Kier alpha value is -1.58. The van der Waals surface area contributed by atoms with Crippen LogP contribution >= 0.6 is 15.9 Å². The molecule has 0 aromatic heterocycles. The highest BCUT2D eigenvalue weighted by atomic mass is 79.9. The third-order valence-electron chi connectivity index (χ3n) is 4.63. The van der Waals surface area contributed by atoms with Gasteiger partial charge in [0.25, 0.3) is 0 Å². The van der Waals surface area contributed by atoms with E-state index in [0.29, 0.717) is 0 Å². The molecule has 0 spiro atoms. The van der Waals surface area contributed by atoms with Gasteiger partial charge in [-0.25, -0.2) is 0 Å². The molecular formula is C24H35BrO4Si. The molecule has 0 aliphatic rings. The van der Waals surface area contributed by atoms with E-state index >= 15 is 0 Å². The third-order valence-corrected chi connectivity index (χ3v) is 6.05. The molecular weight excluding hydrogens is 460 g/mol. The summed E-state index contributed by atoms with van der Waals surface area (Å²) in [6.07, 6.45) is 2.79. The molecule has 0 aliphatic carbocycles. The second-order valence-electron chi connectivity index (χ2n) is 8.33. The molecule has 30 heavy (non-hydrogen) atoms. The predicted octanol–water partition coefficient (Wildman–Crippen LogP) is 5.96. The maximum absolute atomic E-state index is 12.9. The highest BCUT2D eigenvalue weighted by molar-refractivity contribution is 9.10. The van der Waals surface area contributed by atoms with Gasteiger partial charge >= 0.3 is 11.9 Å². The van der Waals surface area contributed by atoms with Crippen molar-refractivity contribution < 1.29 is 19.1 Å². The van der Waals surface area contributed by atoms with E-state index in [0.717, 1.165) is 29.3 Å². The Morgan fingerprint density at radius 1 is 1.00 bits per heavy atom. The van der Waals surface area contributed by atoms with Gasteiger partial charge in [0.1, 0.15) is 8.07 Å². The molecule has 0 radical (unpaired) electrons. The van der Waals surface area contributed by atoms with Gasteiger partial charge in [-0.2, -0.15) is 0 Å². The van der Waals surface area contributed by atoms with E-state index in [1.54, 1.807) is 13.8 Å². The first-order chi connectivity index (χ1) is 14.1. The molecule has 0 aliphatic heterocycles. The van der Waals surface area contributed by atoms with Crippen molar-refractivity contribution in [3.05, 3.63) is 34.3 Å². The van der Waals surface area contributed by atoms with Crippen LogP contribution in [0.4, 0.5) is 0 Å². The van der Waals surface area contributed by atoms with Crippen LogP contribution < -0.4 is 0 Å². The number of ether oxygens (including phenoxy) is 2. The number of rotatable bonds is 10. The Labute approximate surface area is 191 Å². The molecule has 0 heterocycles. The third kappa shape index (κ3) is 8.65. The van der Waals surface area contributed by atoms with E-state index in [2.05, 4.69) is 54.0 Å². The highest BCUT2D eigenvalue weighted by Gasteiger charge is 2.42. The normalized spacial score (nSPS) is 13.2. The van der Waals surface area contributed by atoms with Crippen molar-refractivity contribution in [2.24, 2.45) is 11.8 Å². The van der Waals surface area contributed by atoms with Crippen LogP contribution in [0.5, 0.6) is 0 Å². The van der Waals surface area contributed by atoms with Gasteiger partial charge in [0.05, 0.1) is 13.2 Å². The van der Waals surface area contributed by atoms with Gasteiger partial charge in [-0.05, 0) is 38.0 Å². The average Bonchev–Trinajstić information content (AvgIpc) is 2.67. The summed E-state index contributed by atoms with van der Waals surface area (Å²) in [6, 6.07) is 7.77. The summed E-state index contributed by atoms with van der Waals surface area (Å²) in [5.74, 6) is 0.779. The fourth-order valence-corrected chi connectivity index (χ4v) is 4.15. The summed E-state index contributed by atoms with van der Waals surface area (Å²) >= 11 is 3.47. The van der Waals surface area contributed by atoms with E-state index in [1.807, 2.05) is 24.3 Å². The van der Waals surface area contributed by atoms with E-state index in [4.69, 9.17) is 9.47 Å². The van der Waals surface area contributed by atoms with Gasteiger partial charge in [0.15, 0.2) is 5.92 Å². The average molecular weight is 496 g/mol. The van der Waals surface area contributed by atoms with Gasteiger partial charge in [0, 0.05) is 16.3 Å². The first-order valence-electron chi connectivity index (χ1n) is 10.8. The number of carbonyl (C=O) groups excluding carboxylic acids is 2. The van der Waals surface area contributed by atoms with Gasteiger partial charge < -0.3 is 9.47 Å². The lowest BCUT2D eigenvalue weighted by molar-refractivity contribution is -0.163. The van der Waals surface area contributed by atoms with Crippen LogP contribution in [-0.2, 0) is 19.1 Å². The SMILES string of the molecule is CCCC[C@@H](C#C[Si](C)(C)C)[C@H](c1ccc(Br)cc1)C(C(=O)OCC)C(=O)OCC. The zero-order valence-corrected chi connectivity index (χ0v) is 21.7. The number of halogens is 1. The van der Waals surface area contributed by atoms with Crippen LogP contribution in [0.1, 0.15) is 51.5 Å². The standard InChI is InChI=1S/C24H35BrO4Si/c1-7-10-11-18(16-17-30(4,5)6)21(19-12-14-20(25)15-13-19)22(23(26)28-8-2)24(27)29-9-3/h12-15,18,21-22H,7-11H2,1-6H3/t18-,21+/m0/s1. The maximum atomic E-state index is 12.9. The van der Waals surface area contributed by atoms with Crippen molar-refractivity contribution in [2.75, 3.05) is 13.2 Å². The molecule has 6 heteroatoms. The van der Waals surface area contributed by atoms with Gasteiger partial charge in [0.2, 0.25) is 0 Å². The fourth-order valence-electron chi connectivity index (χ4n) is 3.27. The number of carbonyl (C=O) groups is 2. The molecule has 0 saturated heterocycles. The van der Waals surface area contributed by atoms with Crippen LogP contribution in [0.2, 0.25) is 19.6 Å². The molecule has 4 nitrogen and oxygen atoms in total. The van der Waals surface area contributed by atoms with E-state index < -0.39 is 31.8 Å². The van der Waals surface area contributed by atoms with E-state index in [9.17, 15) is 9.59 Å². The Balaban J connectivity index is 3.61. The summed E-state index contributed by atoms with van der Waals surface area (Å²) in [6.45, 7) is 12.6. The smallest absolute Gasteiger partial charge is 0.320 e. The number of hydrogen-bond donors (Lipinski definition) is 0. The Morgan fingerprint density at radius 2 is 1.53 bits per heavy atom. The van der Waals surface area contributed by atoms with Crippen molar-refractivity contribution in [3.8, 4) is 11.5 Å². The van der Waals surface area contributed by atoms with Crippen LogP contribution in [0.3, 0.4) is 0 Å². The number of benzene rings is 1. The first-order valence-corrected chi connectivity index (χ1v) is 15.0. The summed E-state index contributed by atoms with van der Waals surface area (Å²) in [4.78, 5) is 25.9. The minimum absolute atomic E-state index is 0.142. The number of esters is 2. The van der Waals surface area contributed by atoms with E-state index in [-0.39, 0.29) is 19.1 Å². The molecule has 1 rings (SSSR count). The van der Waals surface area contributed by atoms with Crippen molar-refractivity contribution in [2.45, 2.75) is 65.6 Å². The van der Waals surface area contributed by atoms with Crippen molar-refractivity contribution >= 4 is 35.9 Å². The van der Waals surface area contributed by atoms with Gasteiger partial charge in [-0.15, -0.1) is 11.5 Å². The van der Waals surface area contributed by atoms with Crippen molar-refractivity contribution in [1.82, 2.24) is 0 Å². The molecule has 2 atom stereocenters. The molecule has 0 bridgehead atoms. The molecule has 1 aromatic rings. The monoisotopic (exact) mass is 494 g/mol. The Bertz CT molecular complexity index is 725.